The Morgan fingerprint density at radius 3 is 2.70 bits per heavy atom. The van der Waals surface area contributed by atoms with E-state index in [0.717, 1.165) is 7.11 Å². The number of nitrogens with zero attached hydrogens (tertiary/aromatic N) is 2. The summed E-state index contributed by atoms with van der Waals surface area (Å²) in [5, 5.41) is 13.5. The molecule has 0 radical (unpaired) electrons. The highest BCUT2D eigenvalue weighted by Gasteiger charge is 2.23. The van der Waals surface area contributed by atoms with Crippen molar-refractivity contribution in [3.05, 3.63) is 18.2 Å². The quantitative estimate of drug-likeness (QED) is 0.590. The molecule has 0 unspecified atom stereocenters. The van der Waals surface area contributed by atoms with Crippen LogP contribution in [-0.2, 0) is 27.9 Å². The number of aryl methyl sites for hydroxylation is 1. The van der Waals surface area contributed by atoms with E-state index in [1.165, 1.54) is 0 Å². The molecule has 0 spiro atoms. The molecule has 1 rings (SSSR count). The number of hydrogen-bond acceptors (Lipinski definition) is 5. The van der Waals surface area contributed by atoms with Crippen LogP contribution in [0.4, 0.5) is 4.79 Å². The third-order valence-corrected chi connectivity index (χ3v) is 2.53. The number of amides is 2. The maximum absolute atomic E-state index is 11.6. The van der Waals surface area contributed by atoms with Crippen LogP contribution in [0, 0.1) is 0 Å². The average Bonchev–Trinajstić information content (AvgIpc) is 2.80. The van der Waals surface area contributed by atoms with Gasteiger partial charge in [-0.1, -0.05) is 0 Å². The molecule has 1 aromatic rings. The highest BCUT2D eigenvalue weighted by Crippen LogP contribution is 1.96. The van der Waals surface area contributed by atoms with Crippen LogP contribution in [0.25, 0.3) is 0 Å². The molecule has 0 saturated carbocycles. The molecule has 0 aliphatic carbocycles. The molecule has 1 heterocycles. The lowest BCUT2D eigenvalue weighted by Gasteiger charge is -2.14. The van der Waals surface area contributed by atoms with Gasteiger partial charge in [0.1, 0.15) is 11.9 Å². The number of carbonyl (C=O) groups is 3. The van der Waals surface area contributed by atoms with Gasteiger partial charge in [0, 0.05) is 19.4 Å². The number of carbonyl (C=O) groups excluding carboxylic acids is 2. The van der Waals surface area contributed by atoms with Crippen molar-refractivity contribution < 1.29 is 24.2 Å². The van der Waals surface area contributed by atoms with E-state index in [4.69, 9.17) is 5.11 Å². The molecule has 110 valence electrons. The molecule has 0 aliphatic rings. The van der Waals surface area contributed by atoms with Crippen molar-refractivity contribution in [2.75, 3.05) is 7.11 Å². The number of nitrogens with one attached hydrogen (secondary N) is 2. The van der Waals surface area contributed by atoms with E-state index in [-0.39, 0.29) is 6.54 Å². The number of methoxy groups -OCH3 is 1. The fraction of sp³-hybridized carbons (Fsp3) is 0.455. The van der Waals surface area contributed by atoms with Crippen LogP contribution in [0.1, 0.15) is 12.2 Å². The molecule has 1 atom stereocenters. The number of carboxylic acid groups (broad SMARTS) is 1. The van der Waals surface area contributed by atoms with Crippen LogP contribution in [-0.4, -0.2) is 45.8 Å². The van der Waals surface area contributed by atoms with Crippen molar-refractivity contribution in [3.8, 4) is 0 Å². The molecule has 2 amide bonds. The predicted octanol–water partition coefficient (Wildman–Crippen LogP) is -0.764. The monoisotopic (exact) mass is 284 g/mol. The van der Waals surface area contributed by atoms with E-state index in [1.54, 1.807) is 24.0 Å². The van der Waals surface area contributed by atoms with Gasteiger partial charge in [0.05, 0.1) is 20.1 Å². The molecule has 20 heavy (non-hydrogen) atoms. The SMILES string of the molecule is COC(=O)C[C@H](NC(=O)NCc1nccn1C)C(=O)O. The lowest BCUT2D eigenvalue weighted by Crippen LogP contribution is -2.47. The van der Waals surface area contributed by atoms with Crippen LogP contribution in [0.5, 0.6) is 0 Å². The fourth-order valence-electron chi connectivity index (χ4n) is 1.39. The highest BCUT2D eigenvalue weighted by molar-refractivity contribution is 5.86. The summed E-state index contributed by atoms with van der Waals surface area (Å²) in [5.74, 6) is -1.43. The van der Waals surface area contributed by atoms with E-state index in [9.17, 15) is 14.4 Å². The molecule has 3 N–H and O–H groups in total. The van der Waals surface area contributed by atoms with Crippen LogP contribution in [0.2, 0.25) is 0 Å². The number of ether oxygens (including phenoxy) is 1. The zero-order valence-electron chi connectivity index (χ0n) is 11.1. The molecule has 0 aliphatic heterocycles. The Morgan fingerprint density at radius 2 is 2.20 bits per heavy atom. The number of aromatic nitrogens is 2. The Hall–Kier alpha value is -2.58. The maximum Gasteiger partial charge on any atom is 0.326 e. The number of hydrogen-bond donors (Lipinski definition) is 3. The van der Waals surface area contributed by atoms with E-state index in [1.807, 2.05) is 0 Å². The van der Waals surface area contributed by atoms with Crippen molar-refractivity contribution in [2.24, 2.45) is 7.05 Å². The van der Waals surface area contributed by atoms with Gasteiger partial charge in [-0.05, 0) is 0 Å². The van der Waals surface area contributed by atoms with Gasteiger partial charge in [-0.2, -0.15) is 0 Å². The largest absolute Gasteiger partial charge is 0.480 e. The summed E-state index contributed by atoms with van der Waals surface area (Å²) in [6.45, 7) is 0.139. The zero-order chi connectivity index (χ0) is 15.1. The smallest absolute Gasteiger partial charge is 0.326 e. The lowest BCUT2D eigenvalue weighted by atomic mass is 10.2. The van der Waals surface area contributed by atoms with Gasteiger partial charge < -0.3 is 25.0 Å². The maximum atomic E-state index is 11.6. The summed E-state index contributed by atoms with van der Waals surface area (Å²) in [7, 11) is 2.90. The first-order valence-electron chi connectivity index (χ1n) is 5.74. The van der Waals surface area contributed by atoms with Crippen molar-refractivity contribution in [1.82, 2.24) is 20.2 Å². The van der Waals surface area contributed by atoms with Gasteiger partial charge in [0.15, 0.2) is 0 Å². The molecule has 0 bridgehead atoms. The third kappa shape index (κ3) is 4.59. The van der Waals surface area contributed by atoms with Crippen LogP contribution in [0.3, 0.4) is 0 Å². The molecule has 0 aromatic carbocycles. The Labute approximate surface area is 114 Å². The minimum Gasteiger partial charge on any atom is -0.480 e. The van der Waals surface area contributed by atoms with Gasteiger partial charge in [0.2, 0.25) is 0 Å². The molecular formula is C11H16N4O5. The first-order valence-corrected chi connectivity index (χ1v) is 5.74. The van der Waals surface area contributed by atoms with Gasteiger partial charge in [-0.3, -0.25) is 4.79 Å². The average molecular weight is 284 g/mol. The number of aliphatic carboxylic acids is 1. The minimum atomic E-state index is -1.34. The summed E-state index contributed by atoms with van der Waals surface area (Å²) in [6, 6.07) is -2.05. The number of rotatable bonds is 6. The molecule has 0 saturated heterocycles. The molecule has 1 aromatic heterocycles. The van der Waals surface area contributed by atoms with Crippen LogP contribution in [0.15, 0.2) is 12.4 Å². The van der Waals surface area contributed by atoms with Crippen LogP contribution < -0.4 is 10.6 Å². The van der Waals surface area contributed by atoms with E-state index >= 15 is 0 Å². The molecule has 9 nitrogen and oxygen atoms in total. The number of esters is 1. The van der Waals surface area contributed by atoms with Crippen molar-refractivity contribution in [2.45, 2.75) is 19.0 Å². The number of urea groups is 1. The number of imidazole rings is 1. The topological polar surface area (TPSA) is 123 Å². The standard InChI is InChI=1S/C11H16N4O5/c1-15-4-3-12-8(15)6-13-11(19)14-7(10(17)18)5-9(16)20-2/h3-4,7H,5-6H2,1-2H3,(H,17,18)(H2,13,14,19)/t7-/m0/s1. The summed E-state index contributed by atoms with van der Waals surface area (Å²) in [5.41, 5.74) is 0. The van der Waals surface area contributed by atoms with Gasteiger partial charge in [-0.25, -0.2) is 14.6 Å². The summed E-state index contributed by atoms with van der Waals surface area (Å²) in [4.78, 5) is 37.5. The molecule has 0 fully saturated rings. The van der Waals surface area contributed by atoms with Crippen molar-refractivity contribution in [1.29, 1.82) is 0 Å². The Bertz CT molecular complexity index is 499. The van der Waals surface area contributed by atoms with Crippen molar-refractivity contribution >= 4 is 18.0 Å². The summed E-state index contributed by atoms with van der Waals surface area (Å²) in [6.07, 6.45) is 2.85. The van der Waals surface area contributed by atoms with Crippen molar-refractivity contribution in [3.63, 3.8) is 0 Å². The second-order valence-corrected chi connectivity index (χ2v) is 3.95. The second-order valence-electron chi connectivity index (χ2n) is 3.95. The minimum absolute atomic E-state index is 0.139. The lowest BCUT2D eigenvalue weighted by molar-refractivity contribution is -0.147. The van der Waals surface area contributed by atoms with E-state index in [2.05, 4.69) is 20.4 Å². The van der Waals surface area contributed by atoms with E-state index in [0.29, 0.717) is 5.82 Å². The van der Waals surface area contributed by atoms with Gasteiger partial charge in [-0.15, -0.1) is 0 Å². The predicted molar refractivity (Wildman–Crippen MR) is 66.6 cm³/mol. The van der Waals surface area contributed by atoms with Gasteiger partial charge in [0.25, 0.3) is 0 Å². The molecule has 9 heteroatoms. The first kappa shape index (κ1) is 15.5. The number of carboxylic acids is 1. The Morgan fingerprint density at radius 1 is 1.50 bits per heavy atom. The van der Waals surface area contributed by atoms with E-state index < -0.39 is 30.4 Å². The zero-order valence-corrected chi connectivity index (χ0v) is 11.1. The third-order valence-electron chi connectivity index (χ3n) is 2.53. The second kappa shape index (κ2) is 7.12. The van der Waals surface area contributed by atoms with Gasteiger partial charge >= 0.3 is 18.0 Å². The normalized spacial score (nSPS) is 11.5. The Kier molecular flexibility index (Phi) is 5.51. The fourth-order valence-corrected chi connectivity index (χ4v) is 1.39. The summed E-state index contributed by atoms with van der Waals surface area (Å²) >= 11 is 0. The first-order chi connectivity index (χ1) is 9.43. The molecular weight excluding hydrogens is 268 g/mol. The highest BCUT2D eigenvalue weighted by atomic mass is 16.5. The van der Waals surface area contributed by atoms with Crippen LogP contribution >= 0.6 is 0 Å². The Balaban J connectivity index is 2.48. The summed E-state index contributed by atoms with van der Waals surface area (Å²) < 4.78 is 6.07.